The molecule has 0 fully saturated rings. The topological polar surface area (TPSA) is 119 Å². The molecule has 2 aromatic rings. The van der Waals surface area contributed by atoms with E-state index in [2.05, 4.69) is 4.98 Å². The molecule has 0 spiro atoms. The number of esters is 1. The fraction of sp³-hybridized carbons (Fsp3) is 0.278. The molecule has 8 heteroatoms. The van der Waals surface area contributed by atoms with E-state index in [1.807, 2.05) is 0 Å². The van der Waals surface area contributed by atoms with Crippen molar-refractivity contribution in [1.29, 1.82) is 0 Å². The first-order chi connectivity index (χ1) is 12.1. The molecule has 0 amide bonds. The highest BCUT2D eigenvalue weighted by molar-refractivity contribution is 6.04. The van der Waals surface area contributed by atoms with Crippen LogP contribution < -0.4 is 0 Å². The Hall–Kier alpha value is -3.29. The van der Waals surface area contributed by atoms with E-state index < -0.39 is 23.3 Å². The van der Waals surface area contributed by atoms with Crippen molar-refractivity contribution in [2.75, 3.05) is 6.61 Å². The summed E-state index contributed by atoms with van der Waals surface area (Å²) >= 11 is 0. The number of carbonyl (C=O) groups excluding carboxylic acids is 3. The molecule has 0 saturated heterocycles. The van der Waals surface area contributed by atoms with E-state index in [0.29, 0.717) is 22.4 Å². The second-order valence-electron chi connectivity index (χ2n) is 5.94. The van der Waals surface area contributed by atoms with Crippen LogP contribution in [0.25, 0.3) is 0 Å². The van der Waals surface area contributed by atoms with E-state index >= 15 is 0 Å². The molecule has 1 heterocycles. The number of nitro groups is 1. The molecular weight excluding hydrogens is 340 g/mol. The SMILES string of the molecule is CC(=O)c1c(C)[nH]c(C(=O)COC(=O)c2ccc(C)c([N+](=O)[O-])c2)c1C. The summed E-state index contributed by atoms with van der Waals surface area (Å²) in [7, 11) is 0. The maximum absolute atomic E-state index is 12.3. The molecule has 1 aromatic carbocycles. The quantitative estimate of drug-likeness (QED) is 0.367. The number of rotatable bonds is 6. The van der Waals surface area contributed by atoms with Gasteiger partial charge in [0.1, 0.15) is 0 Å². The Bertz CT molecular complexity index is 926. The summed E-state index contributed by atoms with van der Waals surface area (Å²) in [5, 5.41) is 10.9. The Morgan fingerprint density at radius 1 is 1.19 bits per heavy atom. The van der Waals surface area contributed by atoms with E-state index in [0.717, 1.165) is 6.07 Å². The van der Waals surface area contributed by atoms with Crippen molar-refractivity contribution in [3.05, 3.63) is 62.0 Å². The van der Waals surface area contributed by atoms with Crippen LogP contribution in [-0.4, -0.2) is 34.0 Å². The van der Waals surface area contributed by atoms with Crippen LogP contribution in [0.5, 0.6) is 0 Å². The molecule has 0 bridgehead atoms. The Kier molecular flexibility index (Phi) is 5.35. The number of ketones is 2. The van der Waals surface area contributed by atoms with Gasteiger partial charge in [0, 0.05) is 22.9 Å². The summed E-state index contributed by atoms with van der Waals surface area (Å²) in [6.45, 7) is 5.73. The van der Waals surface area contributed by atoms with E-state index in [4.69, 9.17) is 4.74 Å². The summed E-state index contributed by atoms with van der Waals surface area (Å²) in [5.74, 6) is -1.50. The monoisotopic (exact) mass is 358 g/mol. The van der Waals surface area contributed by atoms with Crippen molar-refractivity contribution in [2.45, 2.75) is 27.7 Å². The largest absolute Gasteiger partial charge is 0.454 e. The number of aromatic nitrogens is 1. The molecule has 0 aliphatic carbocycles. The first-order valence-corrected chi connectivity index (χ1v) is 7.79. The number of benzene rings is 1. The Morgan fingerprint density at radius 3 is 2.38 bits per heavy atom. The van der Waals surface area contributed by atoms with Crippen LogP contribution in [-0.2, 0) is 4.74 Å². The lowest BCUT2D eigenvalue weighted by molar-refractivity contribution is -0.385. The first-order valence-electron chi connectivity index (χ1n) is 7.79. The van der Waals surface area contributed by atoms with Crippen LogP contribution in [0, 0.1) is 30.9 Å². The number of nitrogens with one attached hydrogen (secondary N) is 1. The average Bonchev–Trinajstić information content (AvgIpc) is 2.87. The van der Waals surface area contributed by atoms with Crippen molar-refractivity contribution in [2.24, 2.45) is 0 Å². The standard InChI is InChI=1S/C18H18N2O6/c1-9-5-6-13(7-14(9)20(24)25)18(23)26-8-15(22)17-10(2)16(12(4)21)11(3)19-17/h5-7,19H,8H2,1-4H3. The number of H-pyrrole nitrogens is 1. The number of Topliss-reactive ketones (excluding diaryl/α,β-unsaturated/α-hetero) is 2. The van der Waals surface area contributed by atoms with Gasteiger partial charge in [-0.1, -0.05) is 6.07 Å². The molecule has 0 atom stereocenters. The summed E-state index contributed by atoms with van der Waals surface area (Å²) in [6.07, 6.45) is 0. The van der Waals surface area contributed by atoms with Crippen LogP contribution in [0.4, 0.5) is 5.69 Å². The highest BCUT2D eigenvalue weighted by atomic mass is 16.6. The summed E-state index contributed by atoms with van der Waals surface area (Å²) < 4.78 is 4.97. The van der Waals surface area contributed by atoms with E-state index in [9.17, 15) is 24.5 Å². The van der Waals surface area contributed by atoms with Crippen molar-refractivity contribution < 1.29 is 24.0 Å². The number of hydrogen-bond acceptors (Lipinski definition) is 6. The van der Waals surface area contributed by atoms with Crippen molar-refractivity contribution in [3.8, 4) is 0 Å². The van der Waals surface area contributed by atoms with Gasteiger partial charge >= 0.3 is 5.97 Å². The minimum absolute atomic E-state index is 0.0149. The minimum atomic E-state index is -0.839. The van der Waals surface area contributed by atoms with E-state index in [1.165, 1.54) is 19.1 Å². The van der Waals surface area contributed by atoms with Crippen LogP contribution >= 0.6 is 0 Å². The number of carbonyl (C=O) groups is 3. The molecule has 136 valence electrons. The minimum Gasteiger partial charge on any atom is -0.454 e. The van der Waals surface area contributed by atoms with Gasteiger partial charge in [-0.05, 0) is 39.3 Å². The number of nitro benzene ring substituents is 1. The Balaban J connectivity index is 2.14. The zero-order chi connectivity index (χ0) is 19.6. The molecule has 0 unspecified atom stereocenters. The van der Waals surface area contributed by atoms with Gasteiger partial charge in [-0.2, -0.15) is 0 Å². The highest BCUT2D eigenvalue weighted by Gasteiger charge is 2.22. The van der Waals surface area contributed by atoms with Gasteiger partial charge < -0.3 is 9.72 Å². The van der Waals surface area contributed by atoms with Crippen molar-refractivity contribution in [1.82, 2.24) is 4.98 Å². The van der Waals surface area contributed by atoms with E-state index in [-0.39, 0.29) is 22.7 Å². The van der Waals surface area contributed by atoms with Crippen LogP contribution in [0.15, 0.2) is 18.2 Å². The van der Waals surface area contributed by atoms with Gasteiger partial charge in [0.15, 0.2) is 12.4 Å². The van der Waals surface area contributed by atoms with Gasteiger partial charge in [0.05, 0.1) is 16.2 Å². The fourth-order valence-electron chi connectivity index (χ4n) is 2.78. The Morgan fingerprint density at radius 2 is 1.85 bits per heavy atom. The second kappa shape index (κ2) is 7.30. The summed E-state index contributed by atoms with van der Waals surface area (Å²) in [5.41, 5.74) is 1.91. The van der Waals surface area contributed by atoms with Gasteiger partial charge in [0.25, 0.3) is 5.69 Å². The number of aryl methyl sites for hydroxylation is 2. The third-order valence-electron chi connectivity index (χ3n) is 4.04. The molecule has 2 rings (SSSR count). The molecular formula is C18H18N2O6. The van der Waals surface area contributed by atoms with Gasteiger partial charge in [-0.25, -0.2) is 4.79 Å². The summed E-state index contributed by atoms with van der Waals surface area (Å²) in [6, 6.07) is 3.95. The normalized spacial score (nSPS) is 10.5. The maximum atomic E-state index is 12.3. The molecule has 1 N–H and O–H groups in total. The first kappa shape index (κ1) is 19.0. The number of hydrogen-bond donors (Lipinski definition) is 1. The lowest BCUT2D eigenvalue weighted by atomic mass is 10.1. The molecule has 0 aliphatic rings. The van der Waals surface area contributed by atoms with Crippen molar-refractivity contribution >= 4 is 23.2 Å². The maximum Gasteiger partial charge on any atom is 0.338 e. The lowest BCUT2D eigenvalue weighted by Crippen LogP contribution is -2.15. The smallest absolute Gasteiger partial charge is 0.338 e. The predicted molar refractivity (Wildman–Crippen MR) is 92.7 cm³/mol. The third kappa shape index (κ3) is 3.69. The number of ether oxygens (including phenoxy) is 1. The summed E-state index contributed by atoms with van der Waals surface area (Å²) in [4.78, 5) is 49.2. The van der Waals surface area contributed by atoms with Crippen molar-refractivity contribution in [3.63, 3.8) is 0 Å². The van der Waals surface area contributed by atoms with Gasteiger partial charge in [0.2, 0.25) is 5.78 Å². The molecule has 0 saturated carbocycles. The molecule has 0 aliphatic heterocycles. The number of nitrogens with zero attached hydrogens (tertiary/aromatic N) is 1. The van der Waals surface area contributed by atoms with Crippen LogP contribution in [0.3, 0.4) is 0 Å². The highest BCUT2D eigenvalue weighted by Crippen LogP contribution is 2.21. The Labute approximate surface area is 149 Å². The van der Waals surface area contributed by atoms with Crippen LogP contribution in [0.2, 0.25) is 0 Å². The molecule has 8 nitrogen and oxygen atoms in total. The van der Waals surface area contributed by atoms with Crippen LogP contribution in [0.1, 0.15) is 54.9 Å². The average molecular weight is 358 g/mol. The second-order valence-corrected chi connectivity index (χ2v) is 5.94. The molecule has 26 heavy (non-hydrogen) atoms. The lowest BCUT2D eigenvalue weighted by Gasteiger charge is -2.05. The zero-order valence-corrected chi connectivity index (χ0v) is 14.8. The van der Waals surface area contributed by atoms with E-state index in [1.54, 1.807) is 20.8 Å². The predicted octanol–water partition coefficient (Wildman–Crippen LogP) is 3.09. The fourth-order valence-corrected chi connectivity index (χ4v) is 2.78. The zero-order valence-electron chi connectivity index (χ0n) is 14.8. The van der Waals surface area contributed by atoms with Gasteiger partial charge in [-0.3, -0.25) is 19.7 Å². The molecule has 1 aromatic heterocycles. The molecule has 0 radical (unpaired) electrons. The van der Waals surface area contributed by atoms with Gasteiger partial charge in [-0.15, -0.1) is 0 Å². The third-order valence-corrected chi connectivity index (χ3v) is 4.04. The number of aromatic amines is 1.